The van der Waals surface area contributed by atoms with Gasteiger partial charge in [-0.3, -0.25) is 15.0 Å². The van der Waals surface area contributed by atoms with E-state index in [9.17, 15) is 9.59 Å². The average Bonchev–Trinajstić information content (AvgIpc) is 2.72. The molecule has 1 saturated heterocycles. The van der Waals surface area contributed by atoms with E-state index in [1.54, 1.807) is 0 Å². The van der Waals surface area contributed by atoms with Crippen molar-refractivity contribution in [1.82, 2.24) is 15.8 Å². The van der Waals surface area contributed by atoms with Crippen LogP contribution in [0.4, 0.5) is 4.79 Å². The van der Waals surface area contributed by atoms with Gasteiger partial charge < -0.3 is 11.1 Å². The molecule has 0 aromatic heterocycles. The fraction of sp³-hybridized carbons (Fsp3) is 0.667. The van der Waals surface area contributed by atoms with E-state index in [2.05, 4.69) is 10.7 Å². The maximum Gasteiger partial charge on any atom is 0.231 e. The minimum atomic E-state index is -0.745. The van der Waals surface area contributed by atoms with Gasteiger partial charge in [-0.15, -0.1) is 0 Å². The smallest absolute Gasteiger partial charge is 0.231 e. The summed E-state index contributed by atoms with van der Waals surface area (Å²) in [5.74, 6) is 0.0255. The van der Waals surface area contributed by atoms with Crippen molar-refractivity contribution in [2.24, 2.45) is 0 Å². The number of carbonyl (C=O) groups is 2. The molecule has 1 fully saturated rings. The first-order valence-corrected chi connectivity index (χ1v) is 3.51. The van der Waals surface area contributed by atoms with Gasteiger partial charge in [-0.1, -0.05) is 7.05 Å². The Bertz CT molecular complexity index is 172. The van der Waals surface area contributed by atoms with Gasteiger partial charge in [0, 0.05) is 52.7 Å². The number of nitrogens with one attached hydrogen (secondary N) is 3. The van der Waals surface area contributed by atoms with Crippen LogP contribution in [0, 0.1) is 0 Å². The van der Waals surface area contributed by atoms with Crippen molar-refractivity contribution in [3.63, 3.8) is 0 Å². The minimum absolute atomic E-state index is 0. The standard InChI is InChI=1S/C4H8N2O.C2H6N2O.Y/c1-4(7)5-6-2-3-6;1-4-2(3)5;/h2-3H2,1H3,(H,5,7);1H3,(H3,3,4,5);/p-1. The van der Waals surface area contributed by atoms with E-state index < -0.39 is 6.03 Å². The van der Waals surface area contributed by atoms with Crippen LogP contribution in [0.2, 0.25) is 0 Å². The van der Waals surface area contributed by atoms with Crippen LogP contribution in [0.3, 0.4) is 0 Å². The Kier molecular flexibility index (Phi) is 9.88. The molecule has 73 valence electrons. The van der Waals surface area contributed by atoms with Crippen LogP contribution in [0.1, 0.15) is 6.92 Å². The molecule has 1 aliphatic heterocycles. The van der Waals surface area contributed by atoms with E-state index in [1.165, 1.54) is 14.0 Å². The van der Waals surface area contributed by atoms with E-state index in [1.807, 2.05) is 5.01 Å². The summed E-state index contributed by atoms with van der Waals surface area (Å²) in [6, 6.07) is -0.745. The average molecular weight is 262 g/mol. The summed E-state index contributed by atoms with van der Waals surface area (Å²) in [6.07, 6.45) is 0. The Morgan fingerprint density at radius 1 is 1.38 bits per heavy atom. The monoisotopic (exact) mass is 262 g/mol. The number of carbonyl (C=O) groups excluding carboxylic acids is 2. The second kappa shape index (κ2) is 8.40. The predicted octanol–water partition coefficient (Wildman–Crippen LogP) is -0.271. The second-order valence-corrected chi connectivity index (χ2v) is 2.23. The van der Waals surface area contributed by atoms with Crippen LogP contribution < -0.4 is 10.7 Å². The Morgan fingerprint density at radius 3 is 1.85 bits per heavy atom. The zero-order valence-corrected chi connectivity index (χ0v) is 10.6. The maximum atomic E-state index is 10.1. The van der Waals surface area contributed by atoms with Crippen LogP contribution in [0.5, 0.6) is 0 Å². The second-order valence-electron chi connectivity index (χ2n) is 2.23. The molecule has 1 rings (SSSR count). The molecule has 3 N–H and O–H groups in total. The molecule has 1 radical (unpaired) electrons. The zero-order chi connectivity index (χ0) is 9.56. The fourth-order valence-electron chi connectivity index (χ4n) is 0.384. The van der Waals surface area contributed by atoms with Crippen molar-refractivity contribution in [1.29, 1.82) is 0 Å². The van der Waals surface area contributed by atoms with Crippen LogP contribution in [0.15, 0.2) is 0 Å². The number of amides is 3. The number of urea groups is 1. The first-order chi connectivity index (χ1) is 5.56. The maximum absolute atomic E-state index is 10.1. The molecule has 0 unspecified atom stereocenters. The van der Waals surface area contributed by atoms with Gasteiger partial charge in [-0.25, -0.2) is 5.01 Å². The van der Waals surface area contributed by atoms with Crippen molar-refractivity contribution < 1.29 is 42.3 Å². The third-order valence-electron chi connectivity index (χ3n) is 0.990. The number of nitrogens with zero attached hydrogens (tertiary/aromatic N) is 1. The summed E-state index contributed by atoms with van der Waals surface area (Å²) in [5, 5.41) is 3.91. The summed E-state index contributed by atoms with van der Waals surface area (Å²) in [4.78, 5) is 19.5. The molecule has 3 amide bonds. The van der Waals surface area contributed by atoms with E-state index in [-0.39, 0.29) is 38.6 Å². The molecular formula is C6H13N4O2Y-. The van der Waals surface area contributed by atoms with Crippen molar-refractivity contribution in [2.45, 2.75) is 6.92 Å². The van der Waals surface area contributed by atoms with Crippen LogP contribution >= 0.6 is 0 Å². The molecular weight excluding hydrogens is 249 g/mol. The molecule has 0 saturated carbocycles. The molecule has 0 aromatic rings. The molecule has 7 heteroatoms. The van der Waals surface area contributed by atoms with Crippen LogP contribution in [-0.2, 0) is 37.5 Å². The molecule has 1 heterocycles. The summed E-state index contributed by atoms with van der Waals surface area (Å²) in [7, 11) is 1.41. The van der Waals surface area contributed by atoms with Crippen LogP contribution in [0.25, 0.3) is 5.73 Å². The Hall–Kier alpha value is -0.196. The molecule has 13 heavy (non-hydrogen) atoms. The minimum Gasteiger partial charge on any atom is -0.453 e. The predicted molar refractivity (Wildman–Crippen MR) is 44.2 cm³/mol. The Morgan fingerprint density at radius 2 is 1.77 bits per heavy atom. The Balaban J connectivity index is 0. The molecule has 0 bridgehead atoms. The summed E-state index contributed by atoms with van der Waals surface area (Å²) < 4.78 is 0. The molecule has 0 aromatic carbocycles. The first-order valence-electron chi connectivity index (χ1n) is 3.51. The van der Waals surface area contributed by atoms with Crippen molar-refractivity contribution in [3.8, 4) is 0 Å². The fourth-order valence-corrected chi connectivity index (χ4v) is 0.384. The normalized spacial score (nSPS) is 12.8. The van der Waals surface area contributed by atoms with Gasteiger partial charge in [0.25, 0.3) is 0 Å². The van der Waals surface area contributed by atoms with Crippen LogP contribution in [-0.4, -0.2) is 37.1 Å². The molecule has 6 nitrogen and oxygen atoms in total. The summed E-state index contributed by atoms with van der Waals surface area (Å²) in [6.45, 7) is 3.54. The number of rotatable bonds is 1. The van der Waals surface area contributed by atoms with E-state index in [4.69, 9.17) is 5.73 Å². The van der Waals surface area contributed by atoms with Gasteiger partial charge in [-0.05, 0) is 0 Å². The molecule has 0 spiro atoms. The van der Waals surface area contributed by atoms with Gasteiger partial charge in [-0.2, -0.15) is 0 Å². The van der Waals surface area contributed by atoms with Crippen molar-refractivity contribution in [2.75, 3.05) is 20.1 Å². The molecule has 1 aliphatic rings. The topological polar surface area (TPSA) is 85.0 Å². The zero-order valence-electron chi connectivity index (χ0n) is 7.76. The summed E-state index contributed by atoms with van der Waals surface area (Å²) in [5.41, 5.74) is 8.69. The SMILES string of the molecule is CC(=O)NN1CC1.CNC([NH-])=O.[Y]. The number of hydrogen-bond donors (Lipinski definition) is 2. The largest absolute Gasteiger partial charge is 0.453 e. The van der Waals surface area contributed by atoms with E-state index in [0.717, 1.165) is 13.1 Å². The molecule has 0 atom stereocenters. The van der Waals surface area contributed by atoms with Gasteiger partial charge in [0.1, 0.15) is 6.03 Å². The third kappa shape index (κ3) is 14.6. The van der Waals surface area contributed by atoms with E-state index >= 15 is 0 Å². The summed E-state index contributed by atoms with van der Waals surface area (Å²) >= 11 is 0. The third-order valence-corrected chi connectivity index (χ3v) is 0.990. The van der Waals surface area contributed by atoms with Crippen molar-refractivity contribution >= 4 is 11.9 Å². The Labute approximate surface area is 102 Å². The first kappa shape index (κ1) is 15.3. The van der Waals surface area contributed by atoms with Gasteiger partial charge in [0.15, 0.2) is 0 Å². The number of hydrazine groups is 1. The quantitative estimate of drug-likeness (QED) is 0.638. The van der Waals surface area contributed by atoms with E-state index in [0.29, 0.717) is 0 Å². The van der Waals surface area contributed by atoms with Gasteiger partial charge in [0.2, 0.25) is 5.91 Å². The number of hydrogen-bond acceptors (Lipinski definition) is 3. The van der Waals surface area contributed by atoms with Gasteiger partial charge >= 0.3 is 0 Å². The molecule has 0 aliphatic carbocycles. The van der Waals surface area contributed by atoms with Crippen molar-refractivity contribution in [3.05, 3.63) is 5.73 Å². The van der Waals surface area contributed by atoms with Gasteiger partial charge in [0.05, 0.1) is 0 Å².